The van der Waals surface area contributed by atoms with E-state index in [1.807, 2.05) is 19.2 Å². The minimum atomic E-state index is -0.419. The summed E-state index contributed by atoms with van der Waals surface area (Å²) in [6.07, 6.45) is 4.28. The molecular formula is C20H19ClFN5. The van der Waals surface area contributed by atoms with Gasteiger partial charge in [-0.15, -0.1) is 0 Å². The number of benzene rings is 1. The molecule has 0 aliphatic carbocycles. The number of pyridine rings is 1. The van der Waals surface area contributed by atoms with Crippen molar-refractivity contribution in [1.82, 2.24) is 15.0 Å². The van der Waals surface area contributed by atoms with Crippen LogP contribution in [0.3, 0.4) is 0 Å². The van der Waals surface area contributed by atoms with Gasteiger partial charge in [0.2, 0.25) is 0 Å². The molecule has 0 atom stereocenters. The van der Waals surface area contributed by atoms with Gasteiger partial charge >= 0.3 is 0 Å². The summed E-state index contributed by atoms with van der Waals surface area (Å²) in [4.78, 5) is 15.6. The molecule has 0 bridgehead atoms. The lowest BCUT2D eigenvalue weighted by atomic mass is 10.1. The molecule has 2 aromatic heterocycles. The van der Waals surface area contributed by atoms with Crippen LogP contribution in [0.5, 0.6) is 0 Å². The summed E-state index contributed by atoms with van der Waals surface area (Å²) in [6, 6.07) is 8.90. The minimum absolute atomic E-state index is 0.124. The van der Waals surface area contributed by atoms with Gasteiger partial charge in [0.25, 0.3) is 0 Å². The fourth-order valence-corrected chi connectivity index (χ4v) is 3.29. The van der Waals surface area contributed by atoms with Crippen molar-refractivity contribution < 1.29 is 4.39 Å². The molecular weight excluding hydrogens is 365 g/mol. The molecule has 0 saturated carbocycles. The number of aryl methyl sites for hydroxylation is 1. The Bertz CT molecular complexity index is 961. The summed E-state index contributed by atoms with van der Waals surface area (Å²) < 4.78 is 13.6. The van der Waals surface area contributed by atoms with E-state index in [0.29, 0.717) is 13.1 Å². The second kappa shape index (κ2) is 7.48. The number of aromatic nitrogens is 3. The number of rotatable bonds is 4. The summed E-state index contributed by atoms with van der Waals surface area (Å²) >= 11 is 5.75. The van der Waals surface area contributed by atoms with E-state index >= 15 is 0 Å². The molecule has 1 N–H and O–H groups in total. The number of nitrogens with one attached hydrogen (secondary N) is 1. The number of halogens is 2. The van der Waals surface area contributed by atoms with Crippen molar-refractivity contribution in [3.63, 3.8) is 0 Å². The lowest BCUT2D eigenvalue weighted by Crippen LogP contribution is -2.32. The number of hydrogen-bond acceptors (Lipinski definition) is 5. The first-order valence-electron chi connectivity index (χ1n) is 8.78. The van der Waals surface area contributed by atoms with E-state index in [9.17, 15) is 4.39 Å². The van der Waals surface area contributed by atoms with Crippen LogP contribution >= 0.6 is 11.6 Å². The largest absolute Gasteiger partial charge is 0.366 e. The summed E-state index contributed by atoms with van der Waals surface area (Å²) in [5.41, 5.74) is 4.04. The van der Waals surface area contributed by atoms with Crippen molar-refractivity contribution >= 4 is 23.2 Å². The molecule has 3 aromatic rings. The van der Waals surface area contributed by atoms with Gasteiger partial charge in [-0.1, -0.05) is 23.7 Å². The average Bonchev–Trinajstić information content (AvgIpc) is 2.69. The molecule has 7 heteroatoms. The van der Waals surface area contributed by atoms with Gasteiger partial charge < -0.3 is 10.2 Å². The van der Waals surface area contributed by atoms with Crippen LogP contribution in [0.4, 0.5) is 16.0 Å². The molecule has 0 saturated heterocycles. The molecule has 138 valence electrons. The van der Waals surface area contributed by atoms with Gasteiger partial charge in [0.05, 0.1) is 10.7 Å². The van der Waals surface area contributed by atoms with Crippen molar-refractivity contribution in [3.8, 4) is 0 Å². The van der Waals surface area contributed by atoms with Gasteiger partial charge in [0, 0.05) is 37.8 Å². The Morgan fingerprint density at radius 2 is 2.07 bits per heavy atom. The molecule has 1 aromatic carbocycles. The van der Waals surface area contributed by atoms with E-state index in [-0.39, 0.29) is 5.02 Å². The van der Waals surface area contributed by atoms with Crippen LogP contribution in [0.15, 0.2) is 42.9 Å². The lowest BCUT2D eigenvalue weighted by Gasteiger charge is -2.30. The number of anilines is 2. The van der Waals surface area contributed by atoms with Gasteiger partial charge in [-0.05, 0) is 36.2 Å². The van der Waals surface area contributed by atoms with Crippen LogP contribution in [-0.4, -0.2) is 21.5 Å². The van der Waals surface area contributed by atoms with Crippen LogP contribution < -0.4 is 10.2 Å². The van der Waals surface area contributed by atoms with Gasteiger partial charge in [0.15, 0.2) is 0 Å². The molecule has 0 radical (unpaired) electrons. The van der Waals surface area contributed by atoms with Crippen LogP contribution in [0.25, 0.3) is 0 Å². The molecule has 0 amide bonds. The standard InChI is InChI=1S/C20H19ClFN5/c1-13-2-5-19(23-9-13)27-7-6-18-15(11-27)20(26-12-25-18)24-10-14-3-4-16(21)17(22)8-14/h2-5,8-9,12H,6-7,10-11H2,1H3,(H,24,25,26). The average molecular weight is 384 g/mol. The topological polar surface area (TPSA) is 53.9 Å². The summed E-state index contributed by atoms with van der Waals surface area (Å²) in [5.74, 6) is 1.30. The number of nitrogens with zero attached hydrogens (tertiary/aromatic N) is 4. The van der Waals surface area contributed by atoms with E-state index in [0.717, 1.165) is 47.0 Å². The molecule has 0 unspecified atom stereocenters. The highest BCUT2D eigenvalue weighted by Gasteiger charge is 2.22. The van der Waals surface area contributed by atoms with E-state index in [1.54, 1.807) is 18.5 Å². The minimum Gasteiger partial charge on any atom is -0.366 e. The maximum Gasteiger partial charge on any atom is 0.142 e. The third kappa shape index (κ3) is 3.85. The fourth-order valence-electron chi connectivity index (χ4n) is 3.17. The van der Waals surface area contributed by atoms with Gasteiger partial charge in [-0.25, -0.2) is 19.3 Å². The monoisotopic (exact) mass is 383 g/mol. The molecule has 3 heterocycles. The van der Waals surface area contributed by atoms with E-state index in [2.05, 4.69) is 31.2 Å². The third-order valence-electron chi connectivity index (χ3n) is 4.67. The van der Waals surface area contributed by atoms with Crippen LogP contribution in [0.1, 0.15) is 22.4 Å². The van der Waals surface area contributed by atoms with Crippen molar-refractivity contribution in [1.29, 1.82) is 0 Å². The first-order valence-corrected chi connectivity index (χ1v) is 9.16. The Morgan fingerprint density at radius 1 is 1.19 bits per heavy atom. The zero-order valence-corrected chi connectivity index (χ0v) is 15.7. The van der Waals surface area contributed by atoms with E-state index in [1.165, 1.54) is 6.07 Å². The molecule has 27 heavy (non-hydrogen) atoms. The quantitative estimate of drug-likeness (QED) is 0.733. The second-order valence-electron chi connectivity index (χ2n) is 6.61. The van der Waals surface area contributed by atoms with E-state index < -0.39 is 5.82 Å². The van der Waals surface area contributed by atoms with Gasteiger partial charge in [-0.2, -0.15) is 0 Å². The van der Waals surface area contributed by atoms with Crippen molar-refractivity contribution in [3.05, 3.63) is 76.1 Å². The fraction of sp³-hybridized carbons (Fsp3) is 0.250. The number of fused-ring (bicyclic) bond motifs is 1. The molecule has 1 aliphatic heterocycles. The van der Waals surface area contributed by atoms with E-state index in [4.69, 9.17) is 11.6 Å². The van der Waals surface area contributed by atoms with Gasteiger partial charge in [-0.3, -0.25) is 0 Å². The Morgan fingerprint density at radius 3 is 2.85 bits per heavy atom. The zero-order valence-electron chi connectivity index (χ0n) is 14.9. The summed E-state index contributed by atoms with van der Waals surface area (Å²) in [6.45, 7) is 4.03. The molecule has 0 spiro atoms. The molecule has 4 rings (SSSR count). The first kappa shape index (κ1) is 17.7. The maximum absolute atomic E-state index is 13.6. The molecule has 1 aliphatic rings. The Kier molecular flexibility index (Phi) is 4.90. The molecule has 0 fully saturated rings. The zero-order chi connectivity index (χ0) is 18.8. The highest BCUT2D eigenvalue weighted by molar-refractivity contribution is 6.30. The van der Waals surface area contributed by atoms with Crippen LogP contribution in [-0.2, 0) is 19.5 Å². The summed E-state index contributed by atoms with van der Waals surface area (Å²) in [7, 11) is 0. The van der Waals surface area contributed by atoms with Crippen LogP contribution in [0, 0.1) is 12.7 Å². The SMILES string of the molecule is Cc1ccc(N2CCc3ncnc(NCc4ccc(Cl)c(F)c4)c3C2)nc1. The number of hydrogen-bond donors (Lipinski definition) is 1. The predicted octanol–water partition coefficient (Wildman–Crippen LogP) is 4.15. The Labute approximate surface area is 162 Å². The second-order valence-corrected chi connectivity index (χ2v) is 7.02. The predicted molar refractivity (Wildman–Crippen MR) is 104 cm³/mol. The highest BCUT2D eigenvalue weighted by atomic mass is 35.5. The Hall–Kier alpha value is -2.73. The third-order valence-corrected chi connectivity index (χ3v) is 4.97. The molecule has 5 nitrogen and oxygen atoms in total. The van der Waals surface area contributed by atoms with Crippen LogP contribution in [0.2, 0.25) is 5.02 Å². The highest BCUT2D eigenvalue weighted by Crippen LogP contribution is 2.26. The van der Waals surface area contributed by atoms with Crippen molar-refractivity contribution in [2.45, 2.75) is 26.4 Å². The summed E-state index contributed by atoms with van der Waals surface area (Å²) in [5, 5.41) is 3.43. The maximum atomic E-state index is 13.6. The first-order chi connectivity index (χ1) is 13.1. The Balaban J connectivity index is 1.54. The van der Waals surface area contributed by atoms with Crippen molar-refractivity contribution in [2.75, 3.05) is 16.8 Å². The normalized spacial score (nSPS) is 13.4. The lowest BCUT2D eigenvalue weighted by molar-refractivity contribution is 0.626. The van der Waals surface area contributed by atoms with Crippen molar-refractivity contribution in [2.24, 2.45) is 0 Å². The smallest absolute Gasteiger partial charge is 0.142 e. The van der Waals surface area contributed by atoms with Gasteiger partial charge in [0.1, 0.15) is 23.8 Å².